The lowest BCUT2D eigenvalue weighted by atomic mass is 9.86. The minimum atomic E-state index is 0.359. The molecule has 0 aromatic heterocycles. The van der Waals surface area contributed by atoms with Crippen LogP contribution in [-0.4, -0.2) is 79.1 Å². The van der Waals surface area contributed by atoms with Gasteiger partial charge in [-0.3, -0.25) is 14.6 Å². The first kappa shape index (κ1) is 21.1. The van der Waals surface area contributed by atoms with Crippen LogP contribution < -0.4 is 0 Å². The van der Waals surface area contributed by atoms with Crippen molar-refractivity contribution in [1.82, 2.24) is 14.7 Å². The second-order valence-electron chi connectivity index (χ2n) is 8.75. The molecule has 1 aromatic rings. The Morgan fingerprint density at radius 1 is 1.03 bits per heavy atom. The van der Waals surface area contributed by atoms with E-state index in [0.717, 1.165) is 70.5 Å². The van der Waals surface area contributed by atoms with Gasteiger partial charge in [-0.2, -0.15) is 0 Å². The van der Waals surface area contributed by atoms with Gasteiger partial charge in [0.15, 0.2) is 0 Å². The number of carbonyl (C=O) groups excluding carboxylic acids is 1. The maximum absolute atomic E-state index is 12.6. The van der Waals surface area contributed by atoms with Crippen LogP contribution in [0.4, 0.5) is 0 Å². The molecule has 2 atom stereocenters. The molecule has 3 fully saturated rings. The molecule has 0 radical (unpaired) electrons. The lowest BCUT2D eigenvalue weighted by Gasteiger charge is -2.45. The summed E-state index contributed by atoms with van der Waals surface area (Å²) < 4.78 is 5.58. The number of carbonyl (C=O) groups is 1. The summed E-state index contributed by atoms with van der Waals surface area (Å²) in [6, 6.07) is 8.78. The fourth-order valence-electron chi connectivity index (χ4n) is 5.19. The van der Waals surface area contributed by atoms with E-state index in [1.165, 1.54) is 24.8 Å². The molecule has 0 bridgehead atoms. The third kappa shape index (κ3) is 5.72. The van der Waals surface area contributed by atoms with Gasteiger partial charge in [0.05, 0.1) is 13.2 Å². The number of rotatable bonds is 6. The Labute approximate surface area is 179 Å². The zero-order chi connectivity index (χ0) is 20.1. The van der Waals surface area contributed by atoms with E-state index in [9.17, 15) is 4.79 Å². The predicted molar refractivity (Wildman–Crippen MR) is 116 cm³/mol. The Hall–Kier alpha value is -1.14. The van der Waals surface area contributed by atoms with E-state index < -0.39 is 0 Å². The van der Waals surface area contributed by atoms with Crippen molar-refractivity contribution in [1.29, 1.82) is 0 Å². The molecule has 4 rings (SSSR count). The highest BCUT2D eigenvalue weighted by molar-refractivity contribution is 6.30. The van der Waals surface area contributed by atoms with Crippen molar-refractivity contribution >= 4 is 17.5 Å². The molecular formula is C23H34ClN3O2. The number of hydrogen-bond donors (Lipinski definition) is 0. The van der Waals surface area contributed by atoms with Gasteiger partial charge in [-0.05, 0) is 55.8 Å². The van der Waals surface area contributed by atoms with Gasteiger partial charge in [0.1, 0.15) is 0 Å². The molecule has 6 heteroatoms. The van der Waals surface area contributed by atoms with Crippen LogP contribution in [0.2, 0.25) is 5.02 Å². The minimum Gasteiger partial charge on any atom is -0.379 e. The topological polar surface area (TPSA) is 36.0 Å². The Morgan fingerprint density at radius 2 is 1.76 bits per heavy atom. The molecule has 5 nitrogen and oxygen atoms in total. The van der Waals surface area contributed by atoms with Crippen LogP contribution >= 0.6 is 11.6 Å². The van der Waals surface area contributed by atoms with Gasteiger partial charge in [0.2, 0.25) is 5.91 Å². The number of halogens is 1. The summed E-state index contributed by atoms with van der Waals surface area (Å²) in [7, 11) is 0. The first-order valence-electron chi connectivity index (χ1n) is 11.3. The average Bonchev–Trinajstić information content (AvgIpc) is 3.29. The van der Waals surface area contributed by atoms with Crippen molar-refractivity contribution in [3.63, 3.8) is 0 Å². The summed E-state index contributed by atoms with van der Waals surface area (Å²) >= 11 is 6.04. The zero-order valence-electron chi connectivity index (χ0n) is 17.4. The number of amides is 1. The van der Waals surface area contributed by atoms with Crippen molar-refractivity contribution in [3.05, 3.63) is 34.9 Å². The highest BCUT2D eigenvalue weighted by Crippen LogP contribution is 2.28. The van der Waals surface area contributed by atoms with Crippen molar-refractivity contribution in [2.24, 2.45) is 5.92 Å². The smallest absolute Gasteiger partial charge is 0.222 e. The summed E-state index contributed by atoms with van der Waals surface area (Å²) in [6.45, 7) is 8.78. The molecule has 1 amide bonds. The Balaban J connectivity index is 1.38. The molecular weight excluding hydrogens is 386 g/mol. The number of ether oxygens (including phenoxy) is 1. The van der Waals surface area contributed by atoms with Crippen LogP contribution in [-0.2, 0) is 16.1 Å². The lowest BCUT2D eigenvalue weighted by molar-refractivity contribution is -0.130. The Kier molecular flexibility index (Phi) is 7.46. The number of nitrogens with zero attached hydrogens (tertiary/aromatic N) is 3. The van der Waals surface area contributed by atoms with Crippen LogP contribution in [0.5, 0.6) is 0 Å². The largest absolute Gasteiger partial charge is 0.379 e. The standard InChI is InChI=1S/C23H34ClN3O2/c24-21-6-3-19(4-7-21)17-25-12-9-22(26-13-15-29-16-14-26)20(18-25)5-8-23(28)27-10-1-2-11-27/h3-4,6-7,20,22H,1-2,5,8-18H2/t20-,22+/m1/s1. The van der Waals surface area contributed by atoms with Crippen LogP contribution in [0.3, 0.4) is 0 Å². The van der Waals surface area contributed by atoms with E-state index >= 15 is 0 Å². The monoisotopic (exact) mass is 419 g/mol. The summed E-state index contributed by atoms with van der Waals surface area (Å²) in [5.41, 5.74) is 1.31. The lowest BCUT2D eigenvalue weighted by Crippen LogP contribution is -2.54. The van der Waals surface area contributed by atoms with Crippen molar-refractivity contribution in [2.75, 3.05) is 52.5 Å². The van der Waals surface area contributed by atoms with E-state index in [1.807, 2.05) is 12.1 Å². The third-order valence-electron chi connectivity index (χ3n) is 6.80. The summed E-state index contributed by atoms with van der Waals surface area (Å²) in [5, 5.41) is 0.790. The van der Waals surface area contributed by atoms with Gasteiger partial charge in [0, 0.05) is 56.8 Å². The molecule has 0 aliphatic carbocycles. The van der Waals surface area contributed by atoms with Crippen LogP contribution in [0.1, 0.15) is 37.7 Å². The molecule has 0 spiro atoms. The highest BCUT2D eigenvalue weighted by atomic mass is 35.5. The highest BCUT2D eigenvalue weighted by Gasteiger charge is 2.34. The number of piperidine rings is 1. The second kappa shape index (κ2) is 10.3. The molecule has 29 heavy (non-hydrogen) atoms. The fourth-order valence-corrected chi connectivity index (χ4v) is 5.32. The molecule has 3 aliphatic rings. The Morgan fingerprint density at radius 3 is 2.48 bits per heavy atom. The fraction of sp³-hybridized carbons (Fsp3) is 0.696. The van der Waals surface area contributed by atoms with E-state index in [0.29, 0.717) is 24.3 Å². The number of morpholine rings is 1. The van der Waals surface area contributed by atoms with Crippen LogP contribution in [0, 0.1) is 5.92 Å². The first-order valence-corrected chi connectivity index (χ1v) is 11.6. The summed E-state index contributed by atoms with van der Waals surface area (Å²) in [4.78, 5) is 19.9. The van der Waals surface area contributed by atoms with Gasteiger partial charge in [-0.25, -0.2) is 0 Å². The first-order chi connectivity index (χ1) is 14.2. The SMILES string of the molecule is O=C(CC[C@@H]1CN(Cc2ccc(Cl)cc2)CC[C@@H]1N1CCOCC1)N1CCCC1. The molecule has 3 heterocycles. The average molecular weight is 420 g/mol. The molecule has 0 N–H and O–H groups in total. The quantitative estimate of drug-likeness (QED) is 0.709. The van der Waals surface area contributed by atoms with Gasteiger partial charge in [-0.15, -0.1) is 0 Å². The van der Waals surface area contributed by atoms with Gasteiger partial charge in [-0.1, -0.05) is 23.7 Å². The van der Waals surface area contributed by atoms with Crippen LogP contribution in [0.15, 0.2) is 24.3 Å². The third-order valence-corrected chi connectivity index (χ3v) is 7.05. The summed E-state index contributed by atoms with van der Waals surface area (Å²) in [5.74, 6) is 0.902. The van der Waals surface area contributed by atoms with Gasteiger partial charge in [0.25, 0.3) is 0 Å². The van der Waals surface area contributed by atoms with Crippen molar-refractivity contribution < 1.29 is 9.53 Å². The van der Waals surface area contributed by atoms with E-state index in [1.54, 1.807) is 0 Å². The molecule has 3 saturated heterocycles. The number of hydrogen-bond acceptors (Lipinski definition) is 4. The van der Waals surface area contributed by atoms with Crippen molar-refractivity contribution in [2.45, 2.75) is 44.7 Å². The molecule has 0 saturated carbocycles. The maximum Gasteiger partial charge on any atom is 0.222 e. The number of likely N-dealkylation sites (tertiary alicyclic amines) is 2. The minimum absolute atomic E-state index is 0.359. The molecule has 0 unspecified atom stereocenters. The normalized spacial score (nSPS) is 26.7. The predicted octanol–water partition coefficient (Wildman–Crippen LogP) is 3.27. The van der Waals surface area contributed by atoms with E-state index in [-0.39, 0.29) is 0 Å². The van der Waals surface area contributed by atoms with E-state index in [2.05, 4.69) is 26.8 Å². The molecule has 3 aliphatic heterocycles. The van der Waals surface area contributed by atoms with E-state index in [4.69, 9.17) is 16.3 Å². The number of benzene rings is 1. The van der Waals surface area contributed by atoms with Gasteiger partial charge >= 0.3 is 0 Å². The molecule has 1 aromatic carbocycles. The van der Waals surface area contributed by atoms with Crippen LogP contribution in [0.25, 0.3) is 0 Å². The Bertz CT molecular complexity index is 657. The zero-order valence-corrected chi connectivity index (χ0v) is 18.2. The van der Waals surface area contributed by atoms with Gasteiger partial charge < -0.3 is 9.64 Å². The molecule has 160 valence electrons. The maximum atomic E-state index is 12.6. The second-order valence-corrected chi connectivity index (χ2v) is 9.19. The van der Waals surface area contributed by atoms with Crippen molar-refractivity contribution in [3.8, 4) is 0 Å². The summed E-state index contributed by atoms with van der Waals surface area (Å²) in [6.07, 6.45) is 5.20.